The molecule has 0 unspecified atom stereocenters. The number of hydrogen-bond donors (Lipinski definition) is 2. The number of amides is 1. The molecule has 0 saturated carbocycles. The molecule has 7 nitrogen and oxygen atoms in total. The third kappa shape index (κ3) is 6.30. The second kappa shape index (κ2) is 10.4. The van der Waals surface area contributed by atoms with Gasteiger partial charge in [-0.2, -0.15) is 15.3 Å². The van der Waals surface area contributed by atoms with E-state index in [1.165, 1.54) is 18.3 Å². The van der Waals surface area contributed by atoms with E-state index in [4.69, 9.17) is 27.9 Å². The minimum Gasteiger partial charge on any atom is -0.507 e. The van der Waals surface area contributed by atoms with Gasteiger partial charge in [-0.1, -0.05) is 41.4 Å². The number of halogens is 2. The minimum absolute atomic E-state index is 0.0177. The number of phenolic OH excluding ortho intramolecular Hbond substituents is 1. The summed E-state index contributed by atoms with van der Waals surface area (Å²) in [5.74, 6) is -0.193. The molecule has 2 N–H and O–H groups in total. The zero-order valence-corrected chi connectivity index (χ0v) is 17.0. The van der Waals surface area contributed by atoms with Crippen molar-refractivity contribution in [3.05, 3.63) is 82.3 Å². The molecule has 1 amide bonds. The summed E-state index contributed by atoms with van der Waals surface area (Å²) in [6.45, 7) is -0.296. The lowest BCUT2D eigenvalue weighted by Gasteiger charge is -2.07. The predicted molar refractivity (Wildman–Crippen MR) is 116 cm³/mol. The van der Waals surface area contributed by atoms with Crippen molar-refractivity contribution in [2.45, 2.75) is 0 Å². The highest BCUT2D eigenvalue weighted by molar-refractivity contribution is 6.35. The Morgan fingerprint density at radius 1 is 1.00 bits per heavy atom. The number of azo groups is 1. The molecular weight excluding hydrogens is 427 g/mol. The molecule has 3 rings (SSSR count). The van der Waals surface area contributed by atoms with Crippen LogP contribution in [-0.4, -0.2) is 23.8 Å². The van der Waals surface area contributed by atoms with Crippen molar-refractivity contribution in [3.63, 3.8) is 0 Å². The molecule has 0 aliphatic heterocycles. The van der Waals surface area contributed by atoms with Crippen LogP contribution in [0.1, 0.15) is 5.56 Å². The van der Waals surface area contributed by atoms with Crippen LogP contribution in [0.25, 0.3) is 0 Å². The second-order valence-electron chi connectivity index (χ2n) is 5.94. The average molecular weight is 443 g/mol. The Hall–Kier alpha value is -3.42. The van der Waals surface area contributed by atoms with Gasteiger partial charge in [0.15, 0.2) is 6.61 Å². The highest BCUT2D eigenvalue weighted by Gasteiger charge is 2.06. The van der Waals surface area contributed by atoms with Crippen LogP contribution in [0.15, 0.2) is 82.1 Å². The first-order chi connectivity index (χ1) is 14.5. The molecule has 3 aromatic carbocycles. The molecule has 0 aliphatic rings. The fraction of sp³-hybridized carbons (Fsp3) is 0.0476. The number of hydrogen-bond acceptors (Lipinski definition) is 6. The zero-order valence-electron chi connectivity index (χ0n) is 15.5. The molecule has 0 saturated heterocycles. The monoisotopic (exact) mass is 442 g/mol. The summed E-state index contributed by atoms with van der Waals surface area (Å²) < 4.78 is 5.32. The van der Waals surface area contributed by atoms with E-state index < -0.39 is 5.91 Å². The van der Waals surface area contributed by atoms with E-state index in [2.05, 4.69) is 20.8 Å². The van der Waals surface area contributed by atoms with Gasteiger partial charge in [-0.05, 0) is 48.5 Å². The minimum atomic E-state index is -0.503. The van der Waals surface area contributed by atoms with Crippen molar-refractivity contribution in [2.75, 3.05) is 6.61 Å². The molecule has 0 radical (unpaired) electrons. The largest absolute Gasteiger partial charge is 0.507 e. The third-order valence-corrected chi connectivity index (χ3v) is 4.22. The van der Waals surface area contributed by atoms with Gasteiger partial charge in [0.05, 0.1) is 22.6 Å². The Labute approximate surface area is 182 Å². The van der Waals surface area contributed by atoms with Crippen molar-refractivity contribution < 1.29 is 14.6 Å². The lowest BCUT2D eigenvalue weighted by molar-refractivity contribution is -0.123. The molecular formula is C21H16Cl2N4O3. The molecule has 0 aromatic heterocycles. The number of aromatic hydroxyl groups is 1. The van der Waals surface area contributed by atoms with Crippen LogP contribution in [0.5, 0.6) is 11.5 Å². The SMILES string of the molecule is O=C(COc1ccc(Cl)cc1Cl)N/N=C\c1cc(N=Nc2ccccc2)ccc1O. The van der Waals surface area contributed by atoms with Gasteiger partial charge in [-0.15, -0.1) is 0 Å². The molecule has 0 fully saturated rings. The third-order valence-electron chi connectivity index (χ3n) is 3.69. The van der Waals surface area contributed by atoms with Gasteiger partial charge in [0.2, 0.25) is 0 Å². The maximum absolute atomic E-state index is 11.9. The number of ether oxygens (including phenoxy) is 1. The molecule has 0 bridgehead atoms. The van der Waals surface area contributed by atoms with E-state index in [1.807, 2.05) is 30.3 Å². The van der Waals surface area contributed by atoms with Gasteiger partial charge in [-0.25, -0.2) is 5.43 Å². The van der Waals surface area contributed by atoms with Gasteiger partial charge in [0.25, 0.3) is 5.91 Å². The molecule has 9 heteroatoms. The van der Waals surface area contributed by atoms with E-state index in [-0.39, 0.29) is 12.4 Å². The van der Waals surface area contributed by atoms with Crippen LogP contribution in [0.3, 0.4) is 0 Å². The summed E-state index contributed by atoms with van der Waals surface area (Å²) in [5.41, 5.74) is 3.89. The molecule has 152 valence electrons. The highest BCUT2D eigenvalue weighted by atomic mass is 35.5. The smallest absolute Gasteiger partial charge is 0.277 e. The van der Waals surface area contributed by atoms with E-state index >= 15 is 0 Å². The van der Waals surface area contributed by atoms with Crippen molar-refractivity contribution in [2.24, 2.45) is 15.3 Å². The number of rotatable bonds is 7. The Morgan fingerprint density at radius 3 is 2.53 bits per heavy atom. The first-order valence-electron chi connectivity index (χ1n) is 8.71. The van der Waals surface area contributed by atoms with Crippen LogP contribution in [-0.2, 0) is 4.79 Å². The van der Waals surface area contributed by atoms with Gasteiger partial charge in [-0.3, -0.25) is 4.79 Å². The van der Waals surface area contributed by atoms with E-state index in [1.54, 1.807) is 24.3 Å². The lowest BCUT2D eigenvalue weighted by Crippen LogP contribution is -2.24. The highest BCUT2D eigenvalue weighted by Crippen LogP contribution is 2.27. The van der Waals surface area contributed by atoms with Crippen LogP contribution in [0.4, 0.5) is 11.4 Å². The number of phenols is 1. The Bertz CT molecular complexity index is 1090. The van der Waals surface area contributed by atoms with Crippen molar-refractivity contribution in [1.29, 1.82) is 0 Å². The van der Waals surface area contributed by atoms with Gasteiger partial charge < -0.3 is 9.84 Å². The molecule has 0 spiro atoms. The predicted octanol–water partition coefficient (Wildman–Crippen LogP) is 5.64. The summed E-state index contributed by atoms with van der Waals surface area (Å²) in [6.07, 6.45) is 1.30. The number of nitrogens with one attached hydrogen (secondary N) is 1. The number of nitrogens with zero attached hydrogens (tertiary/aromatic N) is 3. The van der Waals surface area contributed by atoms with Crippen LogP contribution in [0, 0.1) is 0 Å². The number of carbonyl (C=O) groups is 1. The summed E-state index contributed by atoms with van der Waals surface area (Å²) in [5, 5.41) is 22.8. The topological polar surface area (TPSA) is 95.6 Å². The lowest BCUT2D eigenvalue weighted by atomic mass is 10.2. The molecule has 3 aromatic rings. The van der Waals surface area contributed by atoms with E-state index in [0.717, 1.165) is 0 Å². The standard InChI is InChI=1S/C21H16Cl2N4O3/c22-15-6-9-20(18(23)11-15)30-13-21(29)27-24-12-14-10-17(7-8-19(14)28)26-25-16-4-2-1-3-5-16/h1-12,28H,13H2,(H,27,29)/b24-12-,26-25?. The fourth-order valence-corrected chi connectivity index (χ4v) is 2.72. The summed E-state index contributed by atoms with van der Waals surface area (Å²) >= 11 is 11.8. The fourth-order valence-electron chi connectivity index (χ4n) is 2.26. The van der Waals surface area contributed by atoms with Crippen molar-refractivity contribution >= 4 is 46.7 Å². The first kappa shape index (κ1) is 21.3. The van der Waals surface area contributed by atoms with Crippen LogP contribution >= 0.6 is 23.2 Å². The molecule has 0 aliphatic carbocycles. The molecule has 30 heavy (non-hydrogen) atoms. The summed E-state index contributed by atoms with van der Waals surface area (Å²) in [6, 6.07) is 18.6. The van der Waals surface area contributed by atoms with E-state index in [9.17, 15) is 9.90 Å². The summed E-state index contributed by atoms with van der Waals surface area (Å²) in [4.78, 5) is 11.9. The van der Waals surface area contributed by atoms with Crippen LogP contribution in [0.2, 0.25) is 10.0 Å². The first-order valence-corrected chi connectivity index (χ1v) is 9.46. The van der Waals surface area contributed by atoms with Gasteiger partial charge >= 0.3 is 0 Å². The maximum atomic E-state index is 11.9. The quantitative estimate of drug-likeness (QED) is 0.281. The molecule has 0 atom stereocenters. The van der Waals surface area contributed by atoms with Gasteiger partial charge in [0.1, 0.15) is 11.5 Å². The Balaban J connectivity index is 1.57. The number of carbonyl (C=O) groups excluding carboxylic acids is 1. The van der Waals surface area contributed by atoms with Crippen molar-refractivity contribution in [3.8, 4) is 11.5 Å². The number of benzene rings is 3. The molecule has 0 heterocycles. The second-order valence-corrected chi connectivity index (χ2v) is 6.78. The maximum Gasteiger partial charge on any atom is 0.277 e. The van der Waals surface area contributed by atoms with Crippen LogP contribution < -0.4 is 10.2 Å². The number of hydrazone groups is 1. The van der Waals surface area contributed by atoms with Crippen molar-refractivity contribution in [1.82, 2.24) is 5.43 Å². The van der Waals surface area contributed by atoms with Gasteiger partial charge in [0, 0.05) is 10.6 Å². The van der Waals surface area contributed by atoms with E-state index in [0.29, 0.717) is 32.7 Å². The normalized spacial score (nSPS) is 11.1. The zero-order chi connectivity index (χ0) is 21.3. The Kier molecular flexibility index (Phi) is 7.37. The average Bonchev–Trinajstić information content (AvgIpc) is 2.74. The summed E-state index contributed by atoms with van der Waals surface area (Å²) in [7, 11) is 0. The Morgan fingerprint density at radius 2 is 1.77 bits per heavy atom.